The van der Waals surface area contributed by atoms with Crippen molar-refractivity contribution in [2.75, 3.05) is 20.3 Å². The maximum Gasteiger partial charge on any atom is 0.309 e. The van der Waals surface area contributed by atoms with Crippen LogP contribution in [0.5, 0.6) is 0 Å². The van der Waals surface area contributed by atoms with Crippen LogP contribution in [0.3, 0.4) is 0 Å². The molecule has 5 nitrogen and oxygen atoms in total. The van der Waals surface area contributed by atoms with E-state index in [0.717, 1.165) is 45.1 Å². The fraction of sp³-hybridized carbons (Fsp3) is 0.962. The molecular formula is C26H45NO4. The Morgan fingerprint density at radius 2 is 1.87 bits per heavy atom. The van der Waals surface area contributed by atoms with E-state index in [9.17, 15) is 9.90 Å². The second-order valence-electron chi connectivity index (χ2n) is 11.5. The van der Waals surface area contributed by atoms with Gasteiger partial charge in [-0.2, -0.15) is 0 Å². The zero-order valence-electron chi connectivity index (χ0n) is 20.4. The molecular weight excluding hydrogens is 390 g/mol. The fourth-order valence-corrected chi connectivity index (χ4v) is 8.88. The molecule has 10 atom stereocenters. The van der Waals surface area contributed by atoms with Crippen LogP contribution in [-0.4, -0.2) is 49.6 Å². The monoisotopic (exact) mass is 435 g/mol. The van der Waals surface area contributed by atoms with Crippen LogP contribution in [0.15, 0.2) is 0 Å². The maximum absolute atomic E-state index is 12.7. The van der Waals surface area contributed by atoms with Crippen molar-refractivity contribution in [3.63, 3.8) is 0 Å². The molecule has 4 saturated carbocycles. The molecule has 0 aromatic rings. The Bertz CT molecular complexity index is 655. The summed E-state index contributed by atoms with van der Waals surface area (Å²) in [5.41, 5.74) is 0.203. The highest BCUT2D eigenvalue weighted by molar-refractivity contribution is 5.74. The van der Waals surface area contributed by atoms with Crippen LogP contribution >= 0.6 is 0 Å². The summed E-state index contributed by atoms with van der Waals surface area (Å²) in [4.78, 5) is 12.7. The van der Waals surface area contributed by atoms with Crippen molar-refractivity contribution >= 4 is 5.97 Å². The normalized spacial score (nSPS) is 49.1. The van der Waals surface area contributed by atoms with Gasteiger partial charge < -0.3 is 19.9 Å². The molecule has 0 aliphatic heterocycles. The van der Waals surface area contributed by atoms with Gasteiger partial charge in [-0.3, -0.25) is 4.79 Å². The summed E-state index contributed by atoms with van der Waals surface area (Å²) in [5, 5.41) is 14.7. The Morgan fingerprint density at radius 3 is 2.55 bits per heavy atom. The van der Waals surface area contributed by atoms with Crippen LogP contribution in [0, 0.1) is 40.4 Å². The van der Waals surface area contributed by atoms with E-state index < -0.39 is 0 Å². The minimum atomic E-state index is -0.333. The van der Waals surface area contributed by atoms with Crippen molar-refractivity contribution < 1.29 is 19.4 Å². The molecule has 5 unspecified atom stereocenters. The summed E-state index contributed by atoms with van der Waals surface area (Å²) < 4.78 is 11.3. The molecule has 4 rings (SSSR count). The van der Waals surface area contributed by atoms with Crippen LogP contribution in [-0.2, 0) is 14.3 Å². The standard InChI is InChI=1S/C26H45NO4/c1-6-12-27-20-14-26(4)18(10-11-19(26)24(29)30-5)17-9-8-16-13-21(28)22(31-7-2)15-25(16,3)23(17)20/h16-23,27-28H,6-15H2,1-5H3/t16?,17-,18-,19?,20?,21?,22?,23-,25-,26-/m0/s1. The number of ether oxygens (including phenoxy) is 2. The van der Waals surface area contributed by atoms with Gasteiger partial charge in [-0.25, -0.2) is 0 Å². The average Bonchev–Trinajstić information content (AvgIpc) is 3.09. The summed E-state index contributed by atoms with van der Waals surface area (Å²) in [6.07, 6.45) is 8.18. The molecule has 2 N–H and O–H groups in total. The lowest BCUT2D eigenvalue weighted by atomic mass is 9.43. The minimum absolute atomic E-state index is 0.00483. The lowest BCUT2D eigenvalue weighted by Gasteiger charge is -2.64. The van der Waals surface area contributed by atoms with E-state index in [1.807, 2.05) is 6.92 Å². The summed E-state index contributed by atoms with van der Waals surface area (Å²) in [7, 11) is 1.55. The zero-order valence-corrected chi connectivity index (χ0v) is 20.4. The van der Waals surface area contributed by atoms with Crippen LogP contribution in [0.2, 0.25) is 0 Å². The van der Waals surface area contributed by atoms with Crippen LogP contribution in [0.25, 0.3) is 0 Å². The van der Waals surface area contributed by atoms with E-state index in [2.05, 4.69) is 26.1 Å². The molecule has 5 heteroatoms. The largest absolute Gasteiger partial charge is 0.469 e. The average molecular weight is 436 g/mol. The molecule has 0 aromatic heterocycles. The quantitative estimate of drug-likeness (QED) is 0.613. The predicted molar refractivity (Wildman–Crippen MR) is 122 cm³/mol. The third-order valence-electron chi connectivity index (χ3n) is 10.1. The minimum Gasteiger partial charge on any atom is -0.469 e. The van der Waals surface area contributed by atoms with Gasteiger partial charge in [0.05, 0.1) is 25.2 Å². The first-order valence-corrected chi connectivity index (χ1v) is 12.9. The number of fused-ring (bicyclic) bond motifs is 5. The molecule has 0 spiro atoms. The Morgan fingerprint density at radius 1 is 1.10 bits per heavy atom. The Hall–Kier alpha value is -0.650. The number of aliphatic hydroxyl groups excluding tert-OH is 1. The van der Waals surface area contributed by atoms with Gasteiger partial charge in [0.2, 0.25) is 0 Å². The van der Waals surface area contributed by atoms with Gasteiger partial charge in [0.25, 0.3) is 0 Å². The van der Waals surface area contributed by atoms with E-state index in [1.54, 1.807) is 7.11 Å². The van der Waals surface area contributed by atoms with Gasteiger partial charge in [-0.15, -0.1) is 0 Å². The number of aliphatic hydroxyl groups is 1. The van der Waals surface area contributed by atoms with E-state index in [1.165, 1.54) is 12.8 Å². The van der Waals surface area contributed by atoms with Crippen molar-refractivity contribution in [1.82, 2.24) is 5.32 Å². The smallest absolute Gasteiger partial charge is 0.309 e. The topological polar surface area (TPSA) is 67.8 Å². The van der Waals surface area contributed by atoms with E-state index in [-0.39, 0.29) is 34.9 Å². The highest BCUT2D eigenvalue weighted by Crippen LogP contribution is 2.67. The van der Waals surface area contributed by atoms with Crippen molar-refractivity contribution in [2.24, 2.45) is 40.4 Å². The van der Waals surface area contributed by atoms with Gasteiger partial charge >= 0.3 is 5.97 Å². The number of methoxy groups -OCH3 is 1. The number of carbonyl (C=O) groups is 1. The molecule has 4 aliphatic rings. The molecule has 0 radical (unpaired) electrons. The second kappa shape index (κ2) is 8.95. The Kier molecular flexibility index (Phi) is 6.78. The molecule has 0 amide bonds. The first kappa shape index (κ1) is 23.5. The van der Waals surface area contributed by atoms with Crippen LogP contribution in [0.1, 0.15) is 79.1 Å². The number of rotatable bonds is 6. The third-order valence-corrected chi connectivity index (χ3v) is 10.1. The SMILES string of the molecule is CCCNC1C[C@]2(C)C(C(=O)OC)CC[C@H]2[C@@H]2CCC3CC(O)C(OCC)C[C@]3(C)[C@H]12. The van der Waals surface area contributed by atoms with Crippen molar-refractivity contribution in [3.05, 3.63) is 0 Å². The van der Waals surface area contributed by atoms with Crippen LogP contribution in [0.4, 0.5) is 0 Å². The summed E-state index contributed by atoms with van der Waals surface area (Å²) in [6.45, 7) is 10.8. The second-order valence-corrected chi connectivity index (χ2v) is 11.5. The van der Waals surface area contributed by atoms with Crippen molar-refractivity contribution in [2.45, 2.75) is 97.3 Å². The molecule has 4 fully saturated rings. The molecule has 0 saturated heterocycles. The van der Waals surface area contributed by atoms with Gasteiger partial charge in [0.15, 0.2) is 0 Å². The van der Waals surface area contributed by atoms with E-state index in [0.29, 0.717) is 36.3 Å². The molecule has 178 valence electrons. The van der Waals surface area contributed by atoms with Crippen molar-refractivity contribution in [3.8, 4) is 0 Å². The summed E-state index contributed by atoms with van der Waals surface area (Å²) >= 11 is 0. The number of nitrogens with one attached hydrogen (secondary N) is 1. The highest BCUT2D eigenvalue weighted by atomic mass is 16.5. The van der Waals surface area contributed by atoms with Gasteiger partial charge in [0.1, 0.15) is 0 Å². The molecule has 0 bridgehead atoms. The van der Waals surface area contributed by atoms with Crippen molar-refractivity contribution in [1.29, 1.82) is 0 Å². The van der Waals surface area contributed by atoms with E-state index in [4.69, 9.17) is 9.47 Å². The number of esters is 1. The first-order valence-electron chi connectivity index (χ1n) is 12.9. The number of hydrogen-bond donors (Lipinski definition) is 2. The predicted octanol–water partition coefficient (Wildman–Crippen LogP) is 4.17. The molecule has 0 heterocycles. The summed E-state index contributed by atoms with van der Waals surface area (Å²) in [5.74, 6) is 2.41. The summed E-state index contributed by atoms with van der Waals surface area (Å²) in [6, 6.07) is 0.418. The molecule has 4 aliphatic carbocycles. The molecule has 31 heavy (non-hydrogen) atoms. The highest BCUT2D eigenvalue weighted by Gasteiger charge is 2.65. The van der Waals surface area contributed by atoms with Gasteiger partial charge in [-0.05, 0) is 99.3 Å². The maximum atomic E-state index is 12.7. The Balaban J connectivity index is 1.68. The number of carbonyl (C=O) groups excluding carboxylic acids is 1. The first-order chi connectivity index (χ1) is 14.8. The number of hydrogen-bond acceptors (Lipinski definition) is 5. The zero-order chi connectivity index (χ0) is 22.4. The Labute approximate surface area is 189 Å². The van der Waals surface area contributed by atoms with Gasteiger partial charge in [0, 0.05) is 12.6 Å². The lowest BCUT2D eigenvalue weighted by molar-refractivity contribution is -0.182. The van der Waals surface area contributed by atoms with Crippen LogP contribution < -0.4 is 5.32 Å². The van der Waals surface area contributed by atoms with Gasteiger partial charge in [-0.1, -0.05) is 20.8 Å². The lowest BCUT2D eigenvalue weighted by Crippen LogP contribution is -2.64. The fourth-order valence-electron chi connectivity index (χ4n) is 8.88. The third kappa shape index (κ3) is 3.77. The van der Waals surface area contributed by atoms with E-state index >= 15 is 0 Å². The molecule has 0 aromatic carbocycles.